The van der Waals surface area contributed by atoms with Crippen LogP contribution in [0.3, 0.4) is 0 Å². The van der Waals surface area contributed by atoms with Crippen molar-refractivity contribution in [1.82, 2.24) is 0 Å². The Kier molecular flexibility index (Phi) is 3.99. The largest absolute Gasteiger partial charge is 0.396 e. The molecule has 0 atom stereocenters. The highest BCUT2D eigenvalue weighted by atomic mass is 16.3. The van der Waals surface area contributed by atoms with Crippen LogP contribution >= 0.6 is 0 Å². The number of amides is 1. The van der Waals surface area contributed by atoms with E-state index >= 15 is 0 Å². The van der Waals surface area contributed by atoms with Gasteiger partial charge >= 0.3 is 0 Å². The summed E-state index contributed by atoms with van der Waals surface area (Å²) in [5, 5.41) is 18.3. The first-order valence-electron chi connectivity index (χ1n) is 6.32. The predicted octanol–water partition coefficient (Wildman–Crippen LogP) is 1.17. The minimum absolute atomic E-state index is 0.0195. The lowest BCUT2D eigenvalue weighted by Gasteiger charge is -2.26. The molecule has 2 N–H and O–H groups in total. The van der Waals surface area contributed by atoms with Crippen molar-refractivity contribution < 1.29 is 15.0 Å². The second-order valence-corrected chi connectivity index (χ2v) is 4.77. The molecule has 1 aliphatic heterocycles. The molecule has 1 aromatic carbocycles. The van der Waals surface area contributed by atoms with Gasteiger partial charge in [-0.05, 0) is 31.4 Å². The molecule has 1 saturated heterocycles. The number of aliphatic hydroxyl groups excluding tert-OH is 2. The van der Waals surface area contributed by atoms with Crippen LogP contribution in [0.15, 0.2) is 30.3 Å². The average Bonchev–Trinajstić information content (AvgIpc) is 2.70. The molecular formula is C14H19NO3. The Morgan fingerprint density at radius 3 is 2.28 bits per heavy atom. The van der Waals surface area contributed by atoms with Crippen molar-refractivity contribution in [2.24, 2.45) is 5.41 Å². The molecule has 1 amide bonds. The van der Waals surface area contributed by atoms with E-state index in [-0.39, 0.29) is 19.1 Å². The maximum Gasteiger partial charge on any atom is 0.233 e. The van der Waals surface area contributed by atoms with Crippen LogP contribution in [0.4, 0.5) is 5.69 Å². The number of anilines is 1. The quantitative estimate of drug-likeness (QED) is 0.823. The summed E-state index contributed by atoms with van der Waals surface area (Å²) >= 11 is 0. The van der Waals surface area contributed by atoms with Gasteiger partial charge in [0.1, 0.15) is 0 Å². The zero-order valence-corrected chi connectivity index (χ0v) is 10.4. The number of carbonyl (C=O) groups is 1. The van der Waals surface area contributed by atoms with Crippen molar-refractivity contribution in [3.05, 3.63) is 30.3 Å². The molecule has 0 aromatic heterocycles. The third-order valence-corrected chi connectivity index (χ3v) is 3.76. The summed E-state index contributed by atoms with van der Waals surface area (Å²) in [7, 11) is 0. The predicted molar refractivity (Wildman–Crippen MR) is 69.3 cm³/mol. The van der Waals surface area contributed by atoms with Crippen LogP contribution in [0.25, 0.3) is 0 Å². The molecule has 0 radical (unpaired) electrons. The fourth-order valence-electron chi connectivity index (χ4n) is 2.69. The Hall–Kier alpha value is -1.39. The number of carbonyl (C=O) groups excluding carboxylic acids is 1. The van der Waals surface area contributed by atoms with Crippen molar-refractivity contribution in [3.63, 3.8) is 0 Å². The molecule has 0 unspecified atom stereocenters. The first-order valence-corrected chi connectivity index (χ1v) is 6.32. The summed E-state index contributed by atoms with van der Waals surface area (Å²) in [6.07, 6.45) is 1.55. The molecule has 1 aromatic rings. The molecule has 0 saturated carbocycles. The van der Waals surface area contributed by atoms with E-state index in [0.29, 0.717) is 25.8 Å². The number of benzene rings is 1. The summed E-state index contributed by atoms with van der Waals surface area (Å²) < 4.78 is 0. The second-order valence-electron chi connectivity index (χ2n) is 4.77. The number of hydrogen-bond donors (Lipinski definition) is 2. The van der Waals surface area contributed by atoms with E-state index in [4.69, 9.17) is 10.2 Å². The van der Waals surface area contributed by atoms with Gasteiger partial charge in [0.05, 0.1) is 5.41 Å². The smallest absolute Gasteiger partial charge is 0.233 e. The Morgan fingerprint density at radius 1 is 1.11 bits per heavy atom. The van der Waals surface area contributed by atoms with Crippen LogP contribution in [-0.2, 0) is 4.79 Å². The molecule has 1 aliphatic rings. The maximum absolute atomic E-state index is 12.5. The number of nitrogens with zero attached hydrogens (tertiary/aromatic N) is 1. The highest BCUT2D eigenvalue weighted by Crippen LogP contribution is 2.40. The Labute approximate surface area is 107 Å². The van der Waals surface area contributed by atoms with Crippen LogP contribution in [0.1, 0.15) is 19.3 Å². The van der Waals surface area contributed by atoms with Gasteiger partial charge in [0.2, 0.25) is 5.91 Å². The molecule has 1 heterocycles. The monoisotopic (exact) mass is 249 g/mol. The third kappa shape index (κ3) is 2.26. The van der Waals surface area contributed by atoms with Crippen molar-refractivity contribution in [3.8, 4) is 0 Å². The summed E-state index contributed by atoms with van der Waals surface area (Å²) in [6, 6.07) is 9.54. The molecule has 98 valence electrons. The van der Waals surface area contributed by atoms with Crippen LogP contribution in [-0.4, -0.2) is 35.9 Å². The lowest BCUT2D eigenvalue weighted by molar-refractivity contribution is -0.127. The minimum atomic E-state index is -0.584. The maximum atomic E-state index is 12.5. The number of rotatable bonds is 5. The van der Waals surface area contributed by atoms with Gasteiger partial charge < -0.3 is 15.1 Å². The van der Waals surface area contributed by atoms with Crippen molar-refractivity contribution in [1.29, 1.82) is 0 Å². The van der Waals surface area contributed by atoms with Crippen LogP contribution in [0, 0.1) is 5.41 Å². The van der Waals surface area contributed by atoms with E-state index in [1.165, 1.54) is 0 Å². The second kappa shape index (κ2) is 5.50. The fraction of sp³-hybridized carbons (Fsp3) is 0.500. The van der Waals surface area contributed by atoms with Gasteiger partial charge in [-0.1, -0.05) is 18.2 Å². The van der Waals surface area contributed by atoms with Gasteiger partial charge in [-0.2, -0.15) is 0 Å². The topological polar surface area (TPSA) is 60.8 Å². The van der Waals surface area contributed by atoms with Gasteiger partial charge in [0.15, 0.2) is 0 Å². The molecule has 0 spiro atoms. The Morgan fingerprint density at radius 2 is 1.72 bits per heavy atom. The lowest BCUT2D eigenvalue weighted by atomic mass is 9.80. The van der Waals surface area contributed by atoms with Crippen LogP contribution in [0.5, 0.6) is 0 Å². The van der Waals surface area contributed by atoms with E-state index < -0.39 is 5.41 Å². The normalized spacial score (nSPS) is 18.3. The number of hydrogen-bond acceptors (Lipinski definition) is 3. The summed E-state index contributed by atoms with van der Waals surface area (Å²) in [4.78, 5) is 14.3. The number of aliphatic hydroxyl groups is 2. The summed E-state index contributed by atoms with van der Waals surface area (Å²) in [5.41, 5.74) is 0.305. The molecule has 4 heteroatoms. The molecule has 0 bridgehead atoms. The van der Waals surface area contributed by atoms with E-state index in [0.717, 1.165) is 5.69 Å². The van der Waals surface area contributed by atoms with Gasteiger partial charge in [-0.15, -0.1) is 0 Å². The van der Waals surface area contributed by atoms with Crippen LogP contribution in [0.2, 0.25) is 0 Å². The first kappa shape index (κ1) is 13.1. The van der Waals surface area contributed by atoms with Crippen LogP contribution < -0.4 is 4.90 Å². The minimum Gasteiger partial charge on any atom is -0.396 e. The zero-order valence-electron chi connectivity index (χ0n) is 10.4. The van der Waals surface area contributed by atoms with Crippen molar-refractivity contribution in [2.75, 3.05) is 24.7 Å². The molecule has 18 heavy (non-hydrogen) atoms. The highest BCUT2D eigenvalue weighted by molar-refractivity contribution is 5.99. The molecule has 4 nitrogen and oxygen atoms in total. The first-order chi connectivity index (χ1) is 8.73. The number of para-hydroxylation sites is 1. The average molecular weight is 249 g/mol. The highest BCUT2D eigenvalue weighted by Gasteiger charge is 2.45. The molecule has 0 aliphatic carbocycles. The van der Waals surface area contributed by atoms with E-state index in [1.54, 1.807) is 4.90 Å². The standard InChI is InChI=1S/C14H19NO3/c16-10-7-14(8-11-17)6-9-15(13(14)18)12-4-2-1-3-5-12/h1-5,16-17H,6-11H2. The third-order valence-electron chi connectivity index (χ3n) is 3.76. The molecule has 1 fully saturated rings. The van der Waals surface area contributed by atoms with Gasteiger partial charge in [0.25, 0.3) is 0 Å². The van der Waals surface area contributed by atoms with Gasteiger partial charge in [0, 0.05) is 25.4 Å². The van der Waals surface area contributed by atoms with E-state index in [1.807, 2.05) is 30.3 Å². The molecule has 2 rings (SSSR count). The Balaban J connectivity index is 2.22. The van der Waals surface area contributed by atoms with Crippen molar-refractivity contribution >= 4 is 11.6 Å². The van der Waals surface area contributed by atoms with Gasteiger partial charge in [-0.25, -0.2) is 0 Å². The Bertz CT molecular complexity index is 399. The lowest BCUT2D eigenvalue weighted by Crippen LogP contribution is -2.36. The summed E-state index contributed by atoms with van der Waals surface area (Å²) in [5.74, 6) is 0.0248. The summed E-state index contributed by atoms with van der Waals surface area (Å²) in [6.45, 7) is 0.617. The van der Waals surface area contributed by atoms with Gasteiger partial charge in [-0.3, -0.25) is 4.79 Å². The van der Waals surface area contributed by atoms with E-state index in [9.17, 15) is 4.79 Å². The zero-order chi connectivity index (χ0) is 13.0. The molecular weight excluding hydrogens is 230 g/mol. The fourth-order valence-corrected chi connectivity index (χ4v) is 2.69. The van der Waals surface area contributed by atoms with E-state index in [2.05, 4.69) is 0 Å². The SMILES string of the molecule is O=C1N(c2ccccc2)CCC1(CCO)CCO. The van der Waals surface area contributed by atoms with Crippen molar-refractivity contribution in [2.45, 2.75) is 19.3 Å².